The van der Waals surface area contributed by atoms with Crippen molar-refractivity contribution in [1.82, 2.24) is 15.3 Å². The molecule has 0 radical (unpaired) electrons. The Labute approximate surface area is 173 Å². The van der Waals surface area contributed by atoms with E-state index in [9.17, 15) is 0 Å². The number of allylic oxidation sites excluding steroid dienone is 1. The maximum absolute atomic E-state index is 8.70. The number of hydrogen-bond donors (Lipinski definition) is 2. The highest BCUT2D eigenvalue weighted by atomic mass is 127. The van der Waals surface area contributed by atoms with Crippen molar-refractivity contribution in [3.8, 4) is 17.7 Å². The molecule has 0 unspecified atom stereocenters. The van der Waals surface area contributed by atoms with E-state index in [0.29, 0.717) is 17.9 Å². The molecule has 1 aromatic carbocycles. The molecule has 7 heteroatoms. The summed E-state index contributed by atoms with van der Waals surface area (Å²) >= 11 is 2.19. The van der Waals surface area contributed by atoms with E-state index >= 15 is 0 Å². The van der Waals surface area contributed by atoms with Crippen molar-refractivity contribution in [3.05, 3.63) is 44.7 Å². The maximum Gasteiger partial charge on any atom is 0.237 e. The second-order valence-corrected chi connectivity index (χ2v) is 7.73. The van der Waals surface area contributed by atoms with Gasteiger partial charge in [0.15, 0.2) is 0 Å². The standard InChI is InChI=1S/C20H22IN5O/c1-13-10-15(4-3-7-22)11-14(2)18(13)27-19-17(21)12-24-20(26-19)25-16-5-8-23-9-6-16/h3-4,10-12,16,23H,5-6,8-9H2,1-2H3,(H,24,25,26)/b4-3+. The van der Waals surface area contributed by atoms with Crippen LogP contribution in [0.15, 0.2) is 24.4 Å². The number of hydrogen-bond acceptors (Lipinski definition) is 6. The molecule has 1 aliphatic rings. The summed E-state index contributed by atoms with van der Waals surface area (Å²) in [5.74, 6) is 1.93. The van der Waals surface area contributed by atoms with Crippen molar-refractivity contribution >= 4 is 34.6 Å². The highest BCUT2D eigenvalue weighted by Gasteiger charge is 2.16. The molecule has 2 N–H and O–H groups in total. The van der Waals surface area contributed by atoms with E-state index in [0.717, 1.165) is 51.9 Å². The molecule has 0 amide bonds. The lowest BCUT2D eigenvalue weighted by Gasteiger charge is -2.23. The number of nitrogens with zero attached hydrogens (tertiary/aromatic N) is 3. The molecule has 0 atom stereocenters. The van der Waals surface area contributed by atoms with Gasteiger partial charge < -0.3 is 15.4 Å². The fourth-order valence-electron chi connectivity index (χ4n) is 3.11. The Morgan fingerprint density at radius 1 is 1.30 bits per heavy atom. The van der Waals surface area contributed by atoms with Crippen LogP contribution in [0.5, 0.6) is 11.6 Å². The van der Waals surface area contributed by atoms with Gasteiger partial charge in [0.2, 0.25) is 11.8 Å². The molecule has 1 fully saturated rings. The molecular formula is C20H22IN5O. The zero-order valence-corrected chi connectivity index (χ0v) is 17.6. The monoisotopic (exact) mass is 475 g/mol. The zero-order chi connectivity index (χ0) is 19.2. The first-order chi connectivity index (χ1) is 13.1. The SMILES string of the molecule is Cc1cc(/C=C/C#N)cc(C)c1Oc1nc(NC2CCNCC2)ncc1I. The van der Waals surface area contributed by atoms with Crippen LogP contribution in [0.2, 0.25) is 0 Å². The third-order valence-electron chi connectivity index (χ3n) is 4.42. The van der Waals surface area contributed by atoms with E-state index in [4.69, 9.17) is 10.00 Å². The van der Waals surface area contributed by atoms with Gasteiger partial charge in [-0.2, -0.15) is 10.2 Å². The Kier molecular flexibility index (Phi) is 6.63. The van der Waals surface area contributed by atoms with Crippen LogP contribution in [-0.4, -0.2) is 29.1 Å². The molecule has 2 aromatic rings. The quantitative estimate of drug-likeness (QED) is 0.499. The van der Waals surface area contributed by atoms with Gasteiger partial charge in [0, 0.05) is 18.3 Å². The number of piperidine rings is 1. The Bertz CT molecular complexity index is 861. The van der Waals surface area contributed by atoms with Crippen molar-refractivity contribution in [3.63, 3.8) is 0 Å². The predicted molar refractivity (Wildman–Crippen MR) is 115 cm³/mol. The molecule has 0 saturated carbocycles. The summed E-state index contributed by atoms with van der Waals surface area (Å²) in [5.41, 5.74) is 2.97. The molecule has 0 spiro atoms. The Balaban J connectivity index is 1.81. The van der Waals surface area contributed by atoms with Crippen molar-refractivity contribution < 1.29 is 4.74 Å². The molecule has 27 heavy (non-hydrogen) atoms. The summed E-state index contributed by atoms with van der Waals surface area (Å²) < 4.78 is 7.02. The first kappa shape index (κ1) is 19.6. The highest BCUT2D eigenvalue weighted by Crippen LogP contribution is 2.32. The second-order valence-electron chi connectivity index (χ2n) is 6.56. The van der Waals surface area contributed by atoms with Gasteiger partial charge in [-0.1, -0.05) is 0 Å². The summed E-state index contributed by atoms with van der Waals surface area (Å²) in [6.07, 6.45) is 7.16. The van der Waals surface area contributed by atoms with Gasteiger partial charge in [-0.25, -0.2) is 4.98 Å². The zero-order valence-electron chi connectivity index (χ0n) is 15.4. The molecule has 1 aliphatic heterocycles. The lowest BCUT2D eigenvalue weighted by Crippen LogP contribution is -2.35. The first-order valence-corrected chi connectivity index (χ1v) is 9.99. The second kappa shape index (κ2) is 9.15. The third kappa shape index (κ3) is 5.17. The molecule has 1 saturated heterocycles. The number of nitrogens with one attached hydrogen (secondary N) is 2. The van der Waals surface area contributed by atoms with Crippen LogP contribution in [0.4, 0.5) is 5.95 Å². The van der Waals surface area contributed by atoms with Crippen LogP contribution in [0.3, 0.4) is 0 Å². The number of aromatic nitrogens is 2. The van der Waals surface area contributed by atoms with Crippen molar-refractivity contribution in [2.24, 2.45) is 0 Å². The maximum atomic E-state index is 8.70. The lowest BCUT2D eigenvalue weighted by molar-refractivity contribution is 0.448. The summed E-state index contributed by atoms with van der Waals surface area (Å²) in [6.45, 7) is 6.01. The van der Waals surface area contributed by atoms with Crippen LogP contribution in [-0.2, 0) is 0 Å². The summed E-state index contributed by atoms with van der Waals surface area (Å²) in [4.78, 5) is 8.98. The summed E-state index contributed by atoms with van der Waals surface area (Å²) in [5, 5.41) is 15.5. The van der Waals surface area contributed by atoms with Crippen molar-refractivity contribution in [1.29, 1.82) is 5.26 Å². The molecule has 2 heterocycles. The third-order valence-corrected chi connectivity index (χ3v) is 5.16. The molecule has 140 valence electrons. The van der Waals surface area contributed by atoms with Crippen LogP contribution < -0.4 is 15.4 Å². The number of benzene rings is 1. The Morgan fingerprint density at radius 3 is 2.67 bits per heavy atom. The van der Waals surface area contributed by atoms with E-state index < -0.39 is 0 Å². The topological polar surface area (TPSA) is 82.9 Å². The average Bonchev–Trinajstić information content (AvgIpc) is 2.66. The fraction of sp³-hybridized carbons (Fsp3) is 0.350. The predicted octanol–water partition coefficient (Wildman–Crippen LogP) is 4.19. The van der Waals surface area contributed by atoms with Gasteiger partial charge in [0.05, 0.1) is 9.64 Å². The Morgan fingerprint density at radius 2 is 2.00 bits per heavy atom. The fourth-order valence-corrected chi connectivity index (χ4v) is 3.48. The minimum Gasteiger partial charge on any atom is -0.437 e. The van der Waals surface area contributed by atoms with E-state index in [-0.39, 0.29) is 0 Å². The van der Waals surface area contributed by atoms with E-state index in [1.807, 2.05) is 32.0 Å². The first-order valence-electron chi connectivity index (χ1n) is 8.92. The van der Waals surface area contributed by atoms with Gasteiger partial charge in [0.25, 0.3) is 0 Å². The van der Waals surface area contributed by atoms with Crippen LogP contribution >= 0.6 is 22.6 Å². The van der Waals surface area contributed by atoms with Crippen LogP contribution in [0.1, 0.15) is 29.5 Å². The van der Waals surface area contributed by atoms with Crippen LogP contribution in [0.25, 0.3) is 6.08 Å². The smallest absolute Gasteiger partial charge is 0.237 e. The summed E-state index contributed by atoms with van der Waals surface area (Å²) in [6, 6.07) is 6.40. The number of rotatable bonds is 5. The van der Waals surface area contributed by atoms with Crippen molar-refractivity contribution in [2.75, 3.05) is 18.4 Å². The summed E-state index contributed by atoms with van der Waals surface area (Å²) in [7, 11) is 0. The molecule has 1 aromatic heterocycles. The van der Waals surface area contributed by atoms with E-state index in [2.05, 4.69) is 43.2 Å². The van der Waals surface area contributed by atoms with Crippen molar-refractivity contribution in [2.45, 2.75) is 32.7 Å². The number of aryl methyl sites for hydroxylation is 2. The normalized spacial score (nSPS) is 14.9. The molecule has 0 bridgehead atoms. The molecule has 0 aliphatic carbocycles. The highest BCUT2D eigenvalue weighted by molar-refractivity contribution is 14.1. The van der Waals surface area contributed by atoms with E-state index in [1.165, 1.54) is 6.08 Å². The van der Waals surface area contributed by atoms with Gasteiger partial charge in [-0.3, -0.25) is 0 Å². The molecular weight excluding hydrogens is 453 g/mol. The Hall–Kier alpha value is -2.18. The average molecular weight is 475 g/mol. The number of anilines is 1. The number of ether oxygens (including phenoxy) is 1. The molecule has 6 nitrogen and oxygen atoms in total. The minimum absolute atomic E-state index is 0.383. The van der Waals surface area contributed by atoms with E-state index in [1.54, 1.807) is 12.3 Å². The lowest BCUT2D eigenvalue weighted by atomic mass is 10.1. The minimum atomic E-state index is 0.383. The number of halogens is 1. The van der Waals surface area contributed by atoms with Gasteiger partial charge in [0.1, 0.15) is 5.75 Å². The molecule has 3 rings (SSSR count). The number of nitriles is 1. The van der Waals surface area contributed by atoms with Gasteiger partial charge >= 0.3 is 0 Å². The largest absolute Gasteiger partial charge is 0.437 e. The van der Waals surface area contributed by atoms with Gasteiger partial charge in [-0.05, 0) is 97.3 Å². The van der Waals surface area contributed by atoms with Gasteiger partial charge in [-0.15, -0.1) is 0 Å². The van der Waals surface area contributed by atoms with Crippen LogP contribution in [0, 0.1) is 28.7 Å².